The van der Waals surface area contributed by atoms with Gasteiger partial charge in [-0.1, -0.05) is 61.4 Å². The van der Waals surface area contributed by atoms with E-state index in [4.69, 9.17) is 4.74 Å². The number of ether oxygens (including phenoxy) is 1. The summed E-state index contributed by atoms with van der Waals surface area (Å²) in [5.41, 5.74) is 3.20. The van der Waals surface area contributed by atoms with Crippen molar-refractivity contribution in [2.75, 3.05) is 6.61 Å². The Morgan fingerprint density at radius 2 is 1.37 bits per heavy atom. The molecule has 4 heteroatoms. The SMILES string of the molecule is CC=CCCC1CCC(C2CCC(c3ccc(-c4ccc(-c5ccc(OCC)c(F)c5F)cc4)cc3F)CC2)CC1. The molecule has 5 rings (SSSR count). The molecule has 2 aliphatic rings. The summed E-state index contributed by atoms with van der Waals surface area (Å²) in [4.78, 5) is 0. The summed E-state index contributed by atoms with van der Waals surface area (Å²) in [6.45, 7) is 4.09. The second-order valence-corrected chi connectivity index (χ2v) is 12.0. The van der Waals surface area contributed by atoms with Gasteiger partial charge in [-0.25, -0.2) is 8.78 Å². The van der Waals surface area contributed by atoms with Crippen molar-refractivity contribution in [2.24, 2.45) is 17.8 Å². The largest absolute Gasteiger partial charge is 0.491 e. The molecular formula is C37H43F3O. The Labute approximate surface area is 243 Å². The van der Waals surface area contributed by atoms with E-state index in [0.29, 0.717) is 5.56 Å². The van der Waals surface area contributed by atoms with Crippen molar-refractivity contribution in [2.45, 2.75) is 84.0 Å². The topological polar surface area (TPSA) is 9.23 Å². The lowest BCUT2D eigenvalue weighted by atomic mass is 9.68. The van der Waals surface area contributed by atoms with Gasteiger partial charge in [-0.15, -0.1) is 0 Å². The zero-order valence-corrected chi connectivity index (χ0v) is 24.5. The van der Waals surface area contributed by atoms with Crippen molar-refractivity contribution < 1.29 is 17.9 Å². The number of allylic oxidation sites excluding steroid dienone is 2. The van der Waals surface area contributed by atoms with Crippen LogP contribution in [0.5, 0.6) is 5.75 Å². The van der Waals surface area contributed by atoms with Crippen LogP contribution >= 0.6 is 0 Å². The Morgan fingerprint density at radius 1 is 0.732 bits per heavy atom. The standard InChI is InChI=1S/C37H43F3O/c1-3-5-6-7-25-8-10-26(11-9-25)27-12-16-29(17-13-27)32-21-20-31(24-34(32)38)28-14-18-30(19-15-28)33-22-23-35(41-4-2)37(40)36(33)39/h3,5,14-15,18-27,29H,4,6-13,16-17H2,1-2H3. The number of benzene rings is 3. The summed E-state index contributed by atoms with van der Waals surface area (Å²) in [5, 5.41) is 0. The maximum Gasteiger partial charge on any atom is 0.201 e. The molecule has 2 aliphatic carbocycles. The molecule has 0 radical (unpaired) electrons. The second-order valence-electron chi connectivity index (χ2n) is 12.0. The minimum atomic E-state index is -0.983. The van der Waals surface area contributed by atoms with Crippen LogP contribution in [0.4, 0.5) is 13.2 Å². The second kappa shape index (κ2) is 13.8. The maximum absolute atomic E-state index is 15.4. The molecule has 0 bridgehead atoms. The molecule has 3 aromatic carbocycles. The van der Waals surface area contributed by atoms with E-state index < -0.39 is 11.6 Å². The number of rotatable bonds is 9. The fourth-order valence-corrected chi connectivity index (χ4v) is 7.25. The van der Waals surface area contributed by atoms with Crippen LogP contribution < -0.4 is 4.74 Å². The monoisotopic (exact) mass is 560 g/mol. The quantitative estimate of drug-likeness (QED) is 0.237. The molecule has 1 nitrogen and oxygen atoms in total. The van der Waals surface area contributed by atoms with Gasteiger partial charge in [-0.3, -0.25) is 0 Å². The Bertz CT molecular complexity index is 1310. The Kier molecular flexibility index (Phi) is 9.90. The maximum atomic E-state index is 15.4. The number of halogens is 3. The van der Waals surface area contributed by atoms with E-state index in [9.17, 15) is 8.78 Å². The molecule has 0 heterocycles. The zero-order chi connectivity index (χ0) is 28.8. The first-order valence-corrected chi connectivity index (χ1v) is 15.6. The van der Waals surface area contributed by atoms with Crippen LogP contribution in [-0.2, 0) is 0 Å². The minimum Gasteiger partial charge on any atom is -0.491 e. The first-order chi connectivity index (χ1) is 20.0. The van der Waals surface area contributed by atoms with Gasteiger partial charge < -0.3 is 4.74 Å². The van der Waals surface area contributed by atoms with Crippen LogP contribution in [0.15, 0.2) is 66.7 Å². The summed E-state index contributed by atoms with van der Waals surface area (Å²) < 4.78 is 49.5. The Balaban J connectivity index is 1.18. The molecule has 41 heavy (non-hydrogen) atoms. The molecule has 0 amide bonds. The molecule has 0 aliphatic heterocycles. The Hall–Kier alpha value is -3.01. The first-order valence-electron chi connectivity index (χ1n) is 15.6. The van der Waals surface area contributed by atoms with E-state index in [1.807, 2.05) is 24.3 Å². The van der Waals surface area contributed by atoms with E-state index in [1.165, 1.54) is 63.5 Å². The van der Waals surface area contributed by atoms with Gasteiger partial charge in [-0.05, 0) is 129 Å². The summed E-state index contributed by atoms with van der Waals surface area (Å²) in [6.07, 6.45) is 17.1. The third-order valence-corrected chi connectivity index (χ3v) is 9.62. The zero-order valence-electron chi connectivity index (χ0n) is 24.5. The van der Waals surface area contributed by atoms with Crippen molar-refractivity contribution in [3.63, 3.8) is 0 Å². The molecule has 0 atom stereocenters. The van der Waals surface area contributed by atoms with Crippen molar-refractivity contribution >= 4 is 0 Å². The highest BCUT2D eigenvalue weighted by atomic mass is 19.2. The highest BCUT2D eigenvalue weighted by Crippen LogP contribution is 2.45. The summed E-state index contributed by atoms with van der Waals surface area (Å²) >= 11 is 0. The molecule has 2 fully saturated rings. The van der Waals surface area contributed by atoms with Gasteiger partial charge in [0.2, 0.25) is 5.82 Å². The van der Waals surface area contributed by atoms with Crippen LogP contribution in [0.2, 0.25) is 0 Å². The molecule has 0 saturated heterocycles. The third-order valence-electron chi connectivity index (χ3n) is 9.62. The molecule has 2 saturated carbocycles. The van der Waals surface area contributed by atoms with Gasteiger partial charge >= 0.3 is 0 Å². The third kappa shape index (κ3) is 6.90. The van der Waals surface area contributed by atoms with Crippen LogP contribution in [0.25, 0.3) is 22.3 Å². The van der Waals surface area contributed by atoms with Crippen molar-refractivity contribution in [1.82, 2.24) is 0 Å². The molecule has 218 valence electrons. The number of hydrogen-bond acceptors (Lipinski definition) is 1. The van der Waals surface area contributed by atoms with Crippen LogP contribution in [0, 0.1) is 35.2 Å². The number of hydrogen-bond donors (Lipinski definition) is 0. The van der Waals surface area contributed by atoms with Crippen molar-refractivity contribution in [3.05, 3.63) is 89.8 Å². The van der Waals surface area contributed by atoms with Crippen LogP contribution in [0.1, 0.15) is 89.5 Å². The van der Waals surface area contributed by atoms with E-state index in [-0.39, 0.29) is 29.7 Å². The molecule has 0 aromatic heterocycles. The van der Waals surface area contributed by atoms with Gasteiger partial charge in [0, 0.05) is 5.56 Å². The molecular weight excluding hydrogens is 517 g/mol. The van der Waals surface area contributed by atoms with E-state index in [1.54, 1.807) is 25.1 Å². The van der Waals surface area contributed by atoms with Gasteiger partial charge in [-0.2, -0.15) is 4.39 Å². The van der Waals surface area contributed by atoms with Gasteiger partial charge in [0.25, 0.3) is 0 Å². The average Bonchev–Trinajstić information content (AvgIpc) is 3.00. The van der Waals surface area contributed by atoms with Gasteiger partial charge in [0.05, 0.1) is 6.61 Å². The van der Waals surface area contributed by atoms with E-state index in [2.05, 4.69) is 19.1 Å². The minimum absolute atomic E-state index is 0.0900. The lowest BCUT2D eigenvalue weighted by Crippen LogP contribution is -2.25. The highest BCUT2D eigenvalue weighted by molar-refractivity contribution is 5.71. The van der Waals surface area contributed by atoms with Crippen molar-refractivity contribution in [1.29, 1.82) is 0 Å². The summed E-state index contributed by atoms with van der Waals surface area (Å²) in [5.74, 6) is 0.707. The summed E-state index contributed by atoms with van der Waals surface area (Å²) in [6, 6.07) is 15.7. The molecule has 0 N–H and O–H groups in total. The van der Waals surface area contributed by atoms with Crippen LogP contribution in [-0.4, -0.2) is 6.61 Å². The molecule has 0 spiro atoms. The predicted octanol–water partition coefficient (Wildman–Crippen LogP) is 11.3. The molecule has 0 unspecified atom stereocenters. The fourth-order valence-electron chi connectivity index (χ4n) is 7.25. The first kappa shape index (κ1) is 29.5. The predicted molar refractivity (Wildman–Crippen MR) is 163 cm³/mol. The average molecular weight is 561 g/mol. The fraction of sp³-hybridized carbons (Fsp3) is 0.459. The Morgan fingerprint density at radius 3 is 2.00 bits per heavy atom. The van der Waals surface area contributed by atoms with E-state index >= 15 is 4.39 Å². The summed E-state index contributed by atoms with van der Waals surface area (Å²) in [7, 11) is 0. The lowest BCUT2D eigenvalue weighted by Gasteiger charge is -2.38. The van der Waals surface area contributed by atoms with E-state index in [0.717, 1.165) is 47.3 Å². The normalized spacial score (nSPS) is 23.1. The lowest BCUT2D eigenvalue weighted by molar-refractivity contribution is 0.156. The van der Waals surface area contributed by atoms with Crippen molar-refractivity contribution in [3.8, 4) is 28.0 Å². The van der Waals surface area contributed by atoms with Crippen LogP contribution in [0.3, 0.4) is 0 Å². The van der Waals surface area contributed by atoms with Gasteiger partial charge in [0.1, 0.15) is 5.82 Å². The molecule has 3 aromatic rings. The smallest absolute Gasteiger partial charge is 0.201 e. The van der Waals surface area contributed by atoms with Gasteiger partial charge in [0.15, 0.2) is 11.6 Å². The highest BCUT2D eigenvalue weighted by Gasteiger charge is 2.32.